The molecule has 0 amide bonds. The van der Waals surface area contributed by atoms with Crippen molar-refractivity contribution in [3.05, 3.63) is 35.6 Å². The first-order chi connectivity index (χ1) is 6.07. The Bertz CT molecular complexity index is 261. The maximum atomic E-state index is 4.42. The van der Waals surface area contributed by atoms with Crippen LogP contribution in [-0.2, 0) is 0 Å². The maximum absolute atomic E-state index is 4.42. The van der Waals surface area contributed by atoms with Gasteiger partial charge in [0.25, 0.3) is 0 Å². The smallest absolute Gasteiger partial charge is 0.0375 e. The zero-order valence-corrected chi connectivity index (χ0v) is 9.26. The molecule has 0 aliphatic heterocycles. The third kappa shape index (κ3) is 6.09. The van der Waals surface area contributed by atoms with Gasteiger partial charge >= 0.3 is 0 Å². The molecule has 0 saturated heterocycles. The lowest BCUT2D eigenvalue weighted by Crippen LogP contribution is -1.85. The molecule has 0 rings (SSSR count). The van der Waals surface area contributed by atoms with Gasteiger partial charge in [-0.2, -0.15) is 0 Å². The highest BCUT2D eigenvalue weighted by Crippen LogP contribution is 2.03. The molecule has 0 atom stereocenters. The first-order valence-electron chi connectivity index (χ1n) is 4.56. The van der Waals surface area contributed by atoms with E-state index < -0.39 is 0 Å². The number of rotatable bonds is 3. The van der Waals surface area contributed by atoms with Crippen molar-refractivity contribution in [3.8, 4) is 0 Å². The van der Waals surface area contributed by atoms with E-state index in [1.165, 1.54) is 5.57 Å². The Morgan fingerprint density at radius 2 is 1.62 bits per heavy atom. The number of hydrogen-bond acceptors (Lipinski definition) is 1. The quantitative estimate of drug-likeness (QED) is 0.458. The highest BCUT2D eigenvalue weighted by atomic mass is 14.7. The molecular weight excluding hydrogens is 158 g/mol. The largest absolute Gasteiger partial charge is 0.259 e. The normalized spacial score (nSPS) is 12.8. The molecule has 72 valence electrons. The van der Waals surface area contributed by atoms with Crippen molar-refractivity contribution in [1.82, 2.24) is 0 Å². The molecule has 0 fully saturated rings. The molecule has 0 aliphatic carbocycles. The standard InChI is InChI=1S/C12H19N/c1-6-7-8-9-11(4)13-12(5)10(2)3/h6-9H,1-5H3/b7-6-,9-8-,13-11?. The van der Waals surface area contributed by atoms with Gasteiger partial charge in [-0.15, -0.1) is 0 Å². The van der Waals surface area contributed by atoms with Gasteiger partial charge in [0.05, 0.1) is 0 Å². The lowest BCUT2D eigenvalue weighted by molar-refractivity contribution is 1.19. The first kappa shape index (κ1) is 11.9. The third-order valence-corrected chi connectivity index (χ3v) is 1.71. The summed E-state index contributed by atoms with van der Waals surface area (Å²) in [5, 5.41) is 0. The van der Waals surface area contributed by atoms with Crippen molar-refractivity contribution in [2.75, 3.05) is 0 Å². The number of nitrogens with zero attached hydrogens (tertiary/aromatic N) is 1. The van der Waals surface area contributed by atoms with Crippen LogP contribution in [0, 0.1) is 0 Å². The van der Waals surface area contributed by atoms with Gasteiger partial charge in [0.1, 0.15) is 0 Å². The summed E-state index contributed by atoms with van der Waals surface area (Å²) in [4.78, 5) is 4.42. The van der Waals surface area contributed by atoms with Crippen molar-refractivity contribution >= 4 is 5.71 Å². The topological polar surface area (TPSA) is 12.4 Å². The fourth-order valence-corrected chi connectivity index (χ4v) is 0.720. The Morgan fingerprint density at radius 1 is 1.00 bits per heavy atom. The highest BCUT2D eigenvalue weighted by molar-refractivity contribution is 5.93. The summed E-state index contributed by atoms with van der Waals surface area (Å²) in [6.07, 6.45) is 8.00. The molecule has 0 spiro atoms. The van der Waals surface area contributed by atoms with Crippen LogP contribution in [0.3, 0.4) is 0 Å². The van der Waals surface area contributed by atoms with E-state index in [0.717, 1.165) is 11.4 Å². The Morgan fingerprint density at radius 3 is 2.08 bits per heavy atom. The Balaban J connectivity index is 4.43. The van der Waals surface area contributed by atoms with E-state index in [1.807, 2.05) is 45.1 Å². The van der Waals surface area contributed by atoms with Gasteiger partial charge in [-0.05, 0) is 40.7 Å². The van der Waals surface area contributed by atoms with Gasteiger partial charge in [-0.25, -0.2) is 0 Å². The minimum atomic E-state index is 1.04. The van der Waals surface area contributed by atoms with Crippen LogP contribution in [0.5, 0.6) is 0 Å². The van der Waals surface area contributed by atoms with E-state index in [4.69, 9.17) is 0 Å². The summed E-state index contributed by atoms with van der Waals surface area (Å²) in [6, 6.07) is 0. The SMILES string of the molecule is C/C=C\C=C/C(C)=NC(C)=C(C)C. The minimum absolute atomic E-state index is 1.04. The van der Waals surface area contributed by atoms with E-state index >= 15 is 0 Å². The number of aliphatic imine (C=N–C) groups is 1. The summed E-state index contributed by atoms with van der Waals surface area (Å²) in [5.41, 5.74) is 3.40. The molecule has 0 heterocycles. The predicted octanol–water partition coefficient (Wildman–Crippen LogP) is 3.89. The molecule has 0 unspecified atom stereocenters. The van der Waals surface area contributed by atoms with E-state index in [9.17, 15) is 0 Å². The van der Waals surface area contributed by atoms with Crippen LogP contribution in [0.25, 0.3) is 0 Å². The van der Waals surface area contributed by atoms with Crippen LogP contribution < -0.4 is 0 Å². The lowest BCUT2D eigenvalue weighted by Gasteiger charge is -1.96. The van der Waals surface area contributed by atoms with Crippen molar-refractivity contribution in [2.24, 2.45) is 4.99 Å². The summed E-state index contributed by atoms with van der Waals surface area (Å²) >= 11 is 0. The lowest BCUT2D eigenvalue weighted by atomic mass is 10.3. The summed E-state index contributed by atoms with van der Waals surface area (Å²) in [7, 11) is 0. The zero-order chi connectivity index (χ0) is 10.3. The summed E-state index contributed by atoms with van der Waals surface area (Å²) in [5.74, 6) is 0. The molecular formula is C12H19N. The highest BCUT2D eigenvalue weighted by Gasteiger charge is 1.88. The first-order valence-corrected chi connectivity index (χ1v) is 4.56. The second-order valence-electron chi connectivity index (χ2n) is 3.22. The van der Waals surface area contributed by atoms with Crippen LogP contribution in [0.1, 0.15) is 34.6 Å². The molecule has 0 radical (unpaired) electrons. The van der Waals surface area contributed by atoms with Gasteiger partial charge in [0, 0.05) is 11.4 Å². The van der Waals surface area contributed by atoms with E-state index in [1.54, 1.807) is 0 Å². The van der Waals surface area contributed by atoms with Crippen molar-refractivity contribution < 1.29 is 0 Å². The Labute approximate surface area is 81.6 Å². The molecule has 0 N–H and O–H groups in total. The van der Waals surface area contributed by atoms with E-state index in [0.29, 0.717) is 0 Å². The molecule has 0 aromatic carbocycles. The average molecular weight is 177 g/mol. The van der Waals surface area contributed by atoms with Gasteiger partial charge in [-0.3, -0.25) is 4.99 Å². The summed E-state index contributed by atoms with van der Waals surface area (Å²) < 4.78 is 0. The number of allylic oxidation sites excluding steroid dienone is 6. The zero-order valence-electron chi connectivity index (χ0n) is 9.26. The Kier molecular flexibility index (Phi) is 5.86. The predicted molar refractivity (Wildman–Crippen MR) is 61.1 cm³/mol. The fraction of sp³-hybridized carbons (Fsp3) is 0.417. The van der Waals surface area contributed by atoms with Crippen LogP contribution >= 0.6 is 0 Å². The second-order valence-corrected chi connectivity index (χ2v) is 3.22. The van der Waals surface area contributed by atoms with Crippen LogP contribution in [0.2, 0.25) is 0 Å². The Hall–Kier alpha value is -1.11. The van der Waals surface area contributed by atoms with E-state index in [2.05, 4.69) is 18.8 Å². The minimum Gasteiger partial charge on any atom is -0.259 e. The molecule has 0 saturated carbocycles. The number of hydrogen-bond donors (Lipinski definition) is 0. The van der Waals surface area contributed by atoms with E-state index in [-0.39, 0.29) is 0 Å². The van der Waals surface area contributed by atoms with Crippen molar-refractivity contribution in [1.29, 1.82) is 0 Å². The molecule has 1 heteroatoms. The fourth-order valence-electron chi connectivity index (χ4n) is 0.720. The second kappa shape index (κ2) is 6.41. The van der Waals surface area contributed by atoms with Gasteiger partial charge in [0.15, 0.2) is 0 Å². The molecule has 0 aromatic heterocycles. The maximum Gasteiger partial charge on any atom is 0.0375 e. The average Bonchev–Trinajstić information content (AvgIpc) is 2.04. The molecule has 1 nitrogen and oxygen atoms in total. The van der Waals surface area contributed by atoms with Crippen LogP contribution in [0.4, 0.5) is 0 Å². The van der Waals surface area contributed by atoms with Gasteiger partial charge in [0.2, 0.25) is 0 Å². The third-order valence-electron chi connectivity index (χ3n) is 1.71. The van der Waals surface area contributed by atoms with Crippen LogP contribution in [0.15, 0.2) is 40.6 Å². The molecule has 0 aliphatic rings. The van der Waals surface area contributed by atoms with Crippen LogP contribution in [-0.4, -0.2) is 5.71 Å². The monoisotopic (exact) mass is 177 g/mol. The summed E-state index contributed by atoms with van der Waals surface area (Å²) in [6.45, 7) is 10.2. The van der Waals surface area contributed by atoms with Gasteiger partial charge < -0.3 is 0 Å². The van der Waals surface area contributed by atoms with Gasteiger partial charge in [-0.1, -0.05) is 23.8 Å². The molecule has 0 aromatic rings. The molecule has 0 bridgehead atoms. The molecule has 13 heavy (non-hydrogen) atoms. The van der Waals surface area contributed by atoms with Crippen molar-refractivity contribution in [3.63, 3.8) is 0 Å². The van der Waals surface area contributed by atoms with Crippen molar-refractivity contribution in [2.45, 2.75) is 34.6 Å².